The number of aliphatic imine (C=N–C) groups is 2. The van der Waals surface area contributed by atoms with E-state index >= 15 is 0 Å². The Morgan fingerprint density at radius 2 is 1.57 bits per heavy atom. The topological polar surface area (TPSA) is 87.5 Å². The standard InChI is InChI=1S/C34H41FN4O3/c35-29-9-13-30(14-10-29)41-21-19-37-33-16-17-34(25-39-33,23-27-4-2-1-3-5-27)42-31-11-6-26(7-12-31)22-28-8-15-32(38-24-28)36-18-20-40/h1-7,9-14,28,40H,8,15-25H2,(H,36,38)(H,37,39). The van der Waals surface area contributed by atoms with Crippen molar-refractivity contribution in [2.75, 3.05) is 39.4 Å². The molecular weight excluding hydrogens is 531 g/mol. The zero-order valence-corrected chi connectivity index (χ0v) is 24.1. The summed E-state index contributed by atoms with van der Waals surface area (Å²) in [5.74, 6) is 3.75. The molecule has 0 amide bonds. The number of nitrogens with zero attached hydrogens (tertiary/aromatic N) is 2. The van der Waals surface area contributed by atoms with Gasteiger partial charge in [-0.15, -0.1) is 0 Å². The minimum absolute atomic E-state index is 0.128. The lowest BCUT2D eigenvalue weighted by atomic mass is 9.87. The van der Waals surface area contributed by atoms with Crippen LogP contribution in [0.1, 0.15) is 36.8 Å². The van der Waals surface area contributed by atoms with Gasteiger partial charge in [0.05, 0.1) is 31.4 Å². The molecule has 2 aliphatic rings. The summed E-state index contributed by atoms with van der Waals surface area (Å²) in [7, 11) is 0. The number of ether oxygens (including phenoxy) is 2. The molecule has 0 saturated heterocycles. The summed E-state index contributed by atoms with van der Waals surface area (Å²) in [6, 6.07) is 25.1. The maximum atomic E-state index is 13.1. The number of nitrogens with one attached hydrogen (secondary N) is 2. The summed E-state index contributed by atoms with van der Waals surface area (Å²) in [5, 5.41) is 15.6. The van der Waals surface area contributed by atoms with Gasteiger partial charge in [-0.1, -0.05) is 42.5 Å². The van der Waals surface area contributed by atoms with Crippen LogP contribution in [-0.2, 0) is 12.8 Å². The first-order valence-corrected chi connectivity index (χ1v) is 14.9. The Morgan fingerprint density at radius 1 is 0.833 bits per heavy atom. The predicted octanol–water partition coefficient (Wildman–Crippen LogP) is 4.98. The number of rotatable bonds is 12. The van der Waals surface area contributed by atoms with Gasteiger partial charge in [0.15, 0.2) is 0 Å². The van der Waals surface area contributed by atoms with E-state index in [0.29, 0.717) is 37.9 Å². The Bertz CT molecular complexity index is 1310. The lowest BCUT2D eigenvalue weighted by Gasteiger charge is -2.37. The molecule has 2 aliphatic heterocycles. The van der Waals surface area contributed by atoms with Crippen LogP contribution in [0.5, 0.6) is 11.5 Å². The molecule has 7 nitrogen and oxygen atoms in total. The molecule has 0 aromatic heterocycles. The zero-order valence-electron chi connectivity index (χ0n) is 24.1. The monoisotopic (exact) mass is 572 g/mol. The fourth-order valence-corrected chi connectivity index (χ4v) is 5.55. The summed E-state index contributed by atoms with van der Waals surface area (Å²) in [6.45, 7) is 3.17. The molecule has 2 atom stereocenters. The number of amidine groups is 2. The molecule has 0 bridgehead atoms. The van der Waals surface area contributed by atoms with Crippen molar-refractivity contribution >= 4 is 11.7 Å². The smallest absolute Gasteiger partial charge is 0.133 e. The predicted molar refractivity (Wildman–Crippen MR) is 165 cm³/mol. The van der Waals surface area contributed by atoms with E-state index in [9.17, 15) is 4.39 Å². The van der Waals surface area contributed by atoms with Gasteiger partial charge in [-0.25, -0.2) is 4.39 Å². The molecule has 8 heteroatoms. The Hall–Kier alpha value is -3.91. The van der Waals surface area contributed by atoms with Crippen molar-refractivity contribution in [3.8, 4) is 11.5 Å². The van der Waals surface area contributed by atoms with E-state index in [1.54, 1.807) is 12.1 Å². The number of halogens is 1. The number of hydrogen-bond acceptors (Lipinski definition) is 7. The molecule has 2 unspecified atom stereocenters. The maximum Gasteiger partial charge on any atom is 0.133 e. The van der Waals surface area contributed by atoms with Crippen molar-refractivity contribution in [2.24, 2.45) is 15.9 Å². The van der Waals surface area contributed by atoms with Gasteiger partial charge in [0.2, 0.25) is 0 Å². The second-order valence-corrected chi connectivity index (χ2v) is 11.1. The van der Waals surface area contributed by atoms with Crippen LogP contribution in [0.3, 0.4) is 0 Å². The van der Waals surface area contributed by atoms with Gasteiger partial charge in [-0.2, -0.15) is 0 Å². The minimum atomic E-state index is -0.422. The van der Waals surface area contributed by atoms with Crippen LogP contribution in [0.2, 0.25) is 0 Å². The summed E-state index contributed by atoms with van der Waals surface area (Å²) in [6.07, 6.45) is 5.46. The molecule has 0 spiro atoms. The molecule has 0 aliphatic carbocycles. The molecule has 3 N–H and O–H groups in total. The molecule has 222 valence electrons. The van der Waals surface area contributed by atoms with E-state index in [2.05, 4.69) is 64.2 Å². The van der Waals surface area contributed by atoms with Gasteiger partial charge in [-0.05, 0) is 72.7 Å². The van der Waals surface area contributed by atoms with Crippen molar-refractivity contribution in [1.82, 2.24) is 10.6 Å². The molecule has 0 radical (unpaired) electrons. The third-order valence-corrected chi connectivity index (χ3v) is 7.81. The molecule has 2 heterocycles. The van der Waals surface area contributed by atoms with Crippen LogP contribution in [0.25, 0.3) is 0 Å². The lowest BCUT2D eigenvalue weighted by molar-refractivity contribution is 0.0663. The average Bonchev–Trinajstić information content (AvgIpc) is 3.02. The lowest BCUT2D eigenvalue weighted by Crippen LogP contribution is -2.47. The summed E-state index contributed by atoms with van der Waals surface area (Å²) in [5.41, 5.74) is 2.11. The molecule has 0 saturated carbocycles. The van der Waals surface area contributed by atoms with Gasteiger partial charge in [0.25, 0.3) is 0 Å². The first kappa shape index (κ1) is 29.6. The Labute approximate surface area is 247 Å². The summed E-state index contributed by atoms with van der Waals surface area (Å²) < 4.78 is 25.5. The van der Waals surface area contributed by atoms with Crippen LogP contribution < -0.4 is 20.1 Å². The van der Waals surface area contributed by atoms with Crippen LogP contribution >= 0.6 is 0 Å². The molecule has 5 rings (SSSR count). The third kappa shape index (κ3) is 8.79. The highest BCUT2D eigenvalue weighted by Crippen LogP contribution is 2.31. The highest BCUT2D eigenvalue weighted by atomic mass is 19.1. The Morgan fingerprint density at radius 3 is 2.26 bits per heavy atom. The quantitative estimate of drug-likeness (QED) is 0.267. The molecule has 42 heavy (non-hydrogen) atoms. The Balaban J connectivity index is 1.16. The summed E-state index contributed by atoms with van der Waals surface area (Å²) in [4.78, 5) is 9.56. The minimum Gasteiger partial charge on any atom is -0.492 e. The van der Waals surface area contributed by atoms with Crippen molar-refractivity contribution in [2.45, 2.75) is 44.1 Å². The first-order valence-electron chi connectivity index (χ1n) is 14.9. The fourth-order valence-electron chi connectivity index (χ4n) is 5.55. The SMILES string of the molecule is OCCNC1=NCC(Cc2ccc(OC3(Cc4ccccc4)CCC(NCCOc4ccc(F)cc4)=NC3)cc2)CC1. The largest absolute Gasteiger partial charge is 0.492 e. The van der Waals surface area contributed by atoms with Crippen LogP contribution in [0.15, 0.2) is 88.8 Å². The van der Waals surface area contributed by atoms with Crippen molar-refractivity contribution in [3.63, 3.8) is 0 Å². The number of aliphatic hydroxyl groups excluding tert-OH is 1. The molecule has 0 fully saturated rings. The van der Waals surface area contributed by atoms with E-state index < -0.39 is 5.60 Å². The second-order valence-electron chi connectivity index (χ2n) is 11.1. The molecule has 3 aromatic carbocycles. The van der Waals surface area contributed by atoms with Crippen LogP contribution in [0, 0.1) is 11.7 Å². The van der Waals surface area contributed by atoms with Crippen molar-refractivity contribution in [1.29, 1.82) is 0 Å². The van der Waals surface area contributed by atoms with E-state index in [-0.39, 0.29) is 12.4 Å². The van der Waals surface area contributed by atoms with Gasteiger partial charge >= 0.3 is 0 Å². The van der Waals surface area contributed by atoms with Gasteiger partial charge in [0.1, 0.15) is 29.5 Å². The highest BCUT2D eigenvalue weighted by molar-refractivity contribution is 5.83. The highest BCUT2D eigenvalue weighted by Gasteiger charge is 2.36. The number of aliphatic hydroxyl groups is 1. The van der Waals surface area contributed by atoms with E-state index in [0.717, 1.165) is 62.5 Å². The van der Waals surface area contributed by atoms with Crippen molar-refractivity contribution < 1.29 is 19.0 Å². The molecule has 3 aromatic rings. The van der Waals surface area contributed by atoms with E-state index in [1.807, 2.05) is 6.07 Å². The normalized spacial score (nSPS) is 20.3. The van der Waals surface area contributed by atoms with E-state index in [4.69, 9.17) is 19.6 Å². The summed E-state index contributed by atoms with van der Waals surface area (Å²) >= 11 is 0. The fraction of sp³-hybridized carbons (Fsp3) is 0.412. The Kier molecular flexibility index (Phi) is 10.4. The zero-order chi connectivity index (χ0) is 29.0. The van der Waals surface area contributed by atoms with Crippen LogP contribution in [-0.4, -0.2) is 61.8 Å². The van der Waals surface area contributed by atoms with Crippen LogP contribution in [0.4, 0.5) is 4.39 Å². The average molecular weight is 573 g/mol. The molecular formula is C34H41FN4O3. The van der Waals surface area contributed by atoms with E-state index in [1.165, 1.54) is 23.3 Å². The number of benzene rings is 3. The second kappa shape index (κ2) is 14.8. The third-order valence-electron chi connectivity index (χ3n) is 7.81. The van der Waals surface area contributed by atoms with Gasteiger partial charge in [-0.3, -0.25) is 9.98 Å². The number of hydrogen-bond donors (Lipinski definition) is 3. The maximum absolute atomic E-state index is 13.1. The van der Waals surface area contributed by atoms with Gasteiger partial charge < -0.3 is 25.2 Å². The van der Waals surface area contributed by atoms with Gasteiger partial charge in [0, 0.05) is 32.4 Å². The van der Waals surface area contributed by atoms with Crippen molar-refractivity contribution in [3.05, 3.63) is 95.8 Å². The first-order chi connectivity index (χ1) is 20.6.